The molecule has 0 aromatic carbocycles. The Kier molecular flexibility index (Phi) is 5.01. The summed E-state index contributed by atoms with van der Waals surface area (Å²) in [5.41, 5.74) is 0.173. The topological polar surface area (TPSA) is 80.6 Å². The molecule has 1 unspecified atom stereocenters. The molecule has 1 rings (SSSR count). The molecular weight excluding hydrogens is 283 g/mol. The van der Waals surface area contributed by atoms with Crippen LogP contribution in [0, 0.1) is 0 Å². The lowest BCUT2D eigenvalue weighted by atomic mass is 10.3. The highest BCUT2D eigenvalue weighted by atomic mass is 35.5. The molecule has 1 atom stereocenters. The summed E-state index contributed by atoms with van der Waals surface area (Å²) in [6.45, 7) is -0.565. The number of hydrogen-bond donors (Lipinski definition) is 2. The molecule has 0 radical (unpaired) electrons. The number of carbonyl (C=O) groups excluding carboxylic acids is 2. The Morgan fingerprint density at radius 1 is 1.56 bits per heavy atom. The van der Waals surface area contributed by atoms with Gasteiger partial charge in [0.1, 0.15) is 10.8 Å². The summed E-state index contributed by atoms with van der Waals surface area (Å²) in [4.78, 5) is 23.1. The SMILES string of the molecule is COC(=O)C(CO)NC(=O)c1cc(Cl)c(Cl)n1C. The Morgan fingerprint density at radius 3 is 2.56 bits per heavy atom. The number of esters is 1. The number of carbonyl (C=O) groups is 2. The highest BCUT2D eigenvalue weighted by molar-refractivity contribution is 6.41. The van der Waals surface area contributed by atoms with E-state index in [1.807, 2.05) is 0 Å². The van der Waals surface area contributed by atoms with Crippen LogP contribution in [0.4, 0.5) is 0 Å². The lowest BCUT2D eigenvalue weighted by Crippen LogP contribution is -2.44. The largest absolute Gasteiger partial charge is 0.467 e. The maximum Gasteiger partial charge on any atom is 0.330 e. The summed E-state index contributed by atoms with van der Waals surface area (Å²) >= 11 is 11.6. The van der Waals surface area contributed by atoms with E-state index in [0.29, 0.717) is 0 Å². The number of halogens is 2. The number of nitrogens with one attached hydrogen (secondary N) is 1. The first-order valence-corrected chi connectivity index (χ1v) is 5.68. The predicted octanol–water partition coefficient (Wildman–Crippen LogP) is 0.596. The third-order valence-corrected chi connectivity index (χ3v) is 3.16. The van der Waals surface area contributed by atoms with Gasteiger partial charge >= 0.3 is 5.97 Å². The number of ether oxygens (including phenoxy) is 1. The highest BCUT2D eigenvalue weighted by Crippen LogP contribution is 2.25. The van der Waals surface area contributed by atoms with Crippen molar-refractivity contribution >= 4 is 35.1 Å². The van der Waals surface area contributed by atoms with Gasteiger partial charge in [0, 0.05) is 7.05 Å². The van der Waals surface area contributed by atoms with Gasteiger partial charge in [-0.2, -0.15) is 0 Å². The second-order valence-corrected chi connectivity index (χ2v) is 4.22. The lowest BCUT2D eigenvalue weighted by Gasteiger charge is -2.14. The molecule has 0 aliphatic rings. The van der Waals surface area contributed by atoms with Crippen molar-refractivity contribution < 1.29 is 19.4 Å². The van der Waals surface area contributed by atoms with Gasteiger partial charge in [0.15, 0.2) is 6.04 Å². The monoisotopic (exact) mass is 294 g/mol. The van der Waals surface area contributed by atoms with E-state index in [1.54, 1.807) is 7.05 Å². The number of amides is 1. The second-order valence-electron chi connectivity index (χ2n) is 3.46. The molecule has 0 fully saturated rings. The van der Waals surface area contributed by atoms with Gasteiger partial charge in [0.05, 0.1) is 18.7 Å². The van der Waals surface area contributed by atoms with Gasteiger partial charge in [-0.25, -0.2) is 4.79 Å². The predicted molar refractivity (Wildman–Crippen MR) is 65.8 cm³/mol. The van der Waals surface area contributed by atoms with Crippen LogP contribution in [0.3, 0.4) is 0 Å². The molecule has 0 saturated carbocycles. The number of methoxy groups -OCH3 is 1. The number of nitrogens with zero attached hydrogens (tertiary/aromatic N) is 1. The minimum Gasteiger partial charge on any atom is -0.467 e. The van der Waals surface area contributed by atoms with E-state index in [4.69, 9.17) is 28.3 Å². The van der Waals surface area contributed by atoms with Gasteiger partial charge in [0.25, 0.3) is 5.91 Å². The molecule has 0 aliphatic heterocycles. The van der Waals surface area contributed by atoms with E-state index in [0.717, 1.165) is 7.11 Å². The van der Waals surface area contributed by atoms with E-state index in [2.05, 4.69) is 10.1 Å². The normalized spacial score (nSPS) is 12.1. The van der Waals surface area contributed by atoms with Gasteiger partial charge in [-0.05, 0) is 6.07 Å². The Morgan fingerprint density at radius 2 is 2.17 bits per heavy atom. The summed E-state index contributed by atoms with van der Waals surface area (Å²) < 4.78 is 5.79. The summed E-state index contributed by atoms with van der Waals surface area (Å²) in [5.74, 6) is -1.33. The Hall–Kier alpha value is -1.24. The molecular formula is C10H12Cl2N2O4. The van der Waals surface area contributed by atoms with Crippen LogP contribution in [-0.4, -0.2) is 41.3 Å². The van der Waals surface area contributed by atoms with E-state index >= 15 is 0 Å². The molecule has 8 heteroatoms. The molecule has 0 bridgehead atoms. The van der Waals surface area contributed by atoms with Crippen LogP contribution in [0.2, 0.25) is 10.2 Å². The van der Waals surface area contributed by atoms with Crippen molar-refractivity contribution in [2.45, 2.75) is 6.04 Å². The van der Waals surface area contributed by atoms with Crippen molar-refractivity contribution in [1.29, 1.82) is 0 Å². The van der Waals surface area contributed by atoms with Crippen molar-refractivity contribution in [3.63, 3.8) is 0 Å². The zero-order chi connectivity index (χ0) is 13.9. The summed E-state index contributed by atoms with van der Waals surface area (Å²) in [5, 5.41) is 11.7. The molecule has 0 spiro atoms. The van der Waals surface area contributed by atoms with Gasteiger partial charge in [0.2, 0.25) is 0 Å². The van der Waals surface area contributed by atoms with Crippen LogP contribution in [0.1, 0.15) is 10.5 Å². The van der Waals surface area contributed by atoms with Gasteiger partial charge in [-0.15, -0.1) is 0 Å². The summed E-state index contributed by atoms with van der Waals surface area (Å²) in [7, 11) is 2.71. The fourth-order valence-electron chi connectivity index (χ4n) is 1.31. The zero-order valence-corrected chi connectivity index (χ0v) is 11.2. The number of aliphatic hydroxyl groups is 1. The van der Waals surface area contributed by atoms with Crippen LogP contribution in [-0.2, 0) is 16.6 Å². The number of hydrogen-bond acceptors (Lipinski definition) is 4. The van der Waals surface area contributed by atoms with Crippen molar-refractivity contribution in [3.05, 3.63) is 21.9 Å². The molecule has 1 heterocycles. The number of rotatable bonds is 4. The van der Waals surface area contributed by atoms with Crippen molar-refractivity contribution in [3.8, 4) is 0 Å². The van der Waals surface area contributed by atoms with Crippen molar-refractivity contribution in [2.75, 3.05) is 13.7 Å². The summed E-state index contributed by atoms with van der Waals surface area (Å²) in [6, 6.07) is 0.236. The first kappa shape index (κ1) is 14.8. The Labute approximate surface area is 113 Å². The van der Waals surface area contributed by atoms with E-state index < -0.39 is 24.5 Å². The molecule has 0 saturated heterocycles. The minimum absolute atomic E-state index is 0.173. The quantitative estimate of drug-likeness (QED) is 0.797. The van der Waals surface area contributed by atoms with Crippen LogP contribution >= 0.6 is 23.2 Å². The number of aromatic nitrogens is 1. The standard InChI is InChI=1S/C10H12Cl2N2O4/c1-14-7(3-5(11)8(14)12)9(16)13-6(4-15)10(17)18-2/h3,6,15H,4H2,1-2H3,(H,13,16). The maximum absolute atomic E-state index is 11.9. The Bertz CT molecular complexity index is 473. The molecule has 1 aromatic rings. The lowest BCUT2D eigenvalue weighted by molar-refractivity contribution is -0.143. The molecule has 6 nitrogen and oxygen atoms in total. The molecule has 0 aliphatic carbocycles. The number of aliphatic hydroxyl groups excluding tert-OH is 1. The van der Waals surface area contributed by atoms with E-state index in [1.165, 1.54) is 10.6 Å². The molecule has 18 heavy (non-hydrogen) atoms. The minimum atomic E-state index is -1.13. The highest BCUT2D eigenvalue weighted by Gasteiger charge is 2.23. The fraction of sp³-hybridized carbons (Fsp3) is 0.400. The average molecular weight is 295 g/mol. The molecule has 2 N–H and O–H groups in total. The first-order valence-electron chi connectivity index (χ1n) is 4.92. The fourth-order valence-corrected chi connectivity index (χ4v) is 1.69. The smallest absolute Gasteiger partial charge is 0.330 e. The zero-order valence-electron chi connectivity index (χ0n) is 9.74. The average Bonchev–Trinajstić information content (AvgIpc) is 2.62. The maximum atomic E-state index is 11.9. The van der Waals surface area contributed by atoms with Crippen molar-refractivity contribution in [2.24, 2.45) is 7.05 Å². The molecule has 1 amide bonds. The van der Waals surface area contributed by atoms with Gasteiger partial charge in [-0.1, -0.05) is 23.2 Å². The first-order chi connectivity index (χ1) is 8.42. The summed E-state index contributed by atoms with van der Waals surface area (Å²) in [6.07, 6.45) is 0. The van der Waals surface area contributed by atoms with Crippen molar-refractivity contribution in [1.82, 2.24) is 9.88 Å². The third kappa shape index (κ3) is 2.95. The van der Waals surface area contributed by atoms with Crippen LogP contribution in [0.15, 0.2) is 6.07 Å². The van der Waals surface area contributed by atoms with Crippen LogP contribution in [0.25, 0.3) is 0 Å². The van der Waals surface area contributed by atoms with Crippen LogP contribution in [0.5, 0.6) is 0 Å². The second kappa shape index (κ2) is 6.08. The molecule has 1 aromatic heterocycles. The van der Waals surface area contributed by atoms with Crippen LogP contribution < -0.4 is 5.32 Å². The van der Waals surface area contributed by atoms with Gasteiger partial charge < -0.3 is 19.7 Å². The van der Waals surface area contributed by atoms with E-state index in [-0.39, 0.29) is 15.9 Å². The third-order valence-electron chi connectivity index (χ3n) is 2.32. The van der Waals surface area contributed by atoms with E-state index in [9.17, 15) is 9.59 Å². The Balaban J connectivity index is 2.88. The molecule has 100 valence electrons. The van der Waals surface area contributed by atoms with Gasteiger partial charge in [-0.3, -0.25) is 4.79 Å².